The van der Waals surface area contributed by atoms with Crippen LogP contribution in [0.5, 0.6) is 5.75 Å². The number of ether oxygens (including phenoxy) is 3. The van der Waals surface area contributed by atoms with E-state index in [2.05, 4.69) is 22.1 Å². The first-order valence-electron chi connectivity index (χ1n) is 13.7. The summed E-state index contributed by atoms with van der Waals surface area (Å²) >= 11 is 0. The van der Waals surface area contributed by atoms with E-state index in [1.54, 1.807) is 45.0 Å². The number of amides is 1. The molecule has 0 aromatic heterocycles. The van der Waals surface area contributed by atoms with Crippen molar-refractivity contribution in [2.75, 3.05) is 48.1 Å². The number of hydrazone groups is 1. The number of nitrogens with zero attached hydrogens (tertiary/aromatic N) is 5. The van der Waals surface area contributed by atoms with Gasteiger partial charge in [0.15, 0.2) is 6.40 Å². The summed E-state index contributed by atoms with van der Waals surface area (Å²) in [7, 11) is 2.59. The van der Waals surface area contributed by atoms with Crippen molar-refractivity contribution in [2.45, 2.75) is 57.0 Å². The van der Waals surface area contributed by atoms with Crippen molar-refractivity contribution >= 4 is 22.3 Å². The smallest absolute Gasteiger partial charge is 0.286 e. The fourth-order valence-electron chi connectivity index (χ4n) is 5.30. The largest absolute Gasteiger partial charge is 0.497 e. The third kappa shape index (κ3) is 7.18. The maximum absolute atomic E-state index is 13.5. The number of sulfonamides is 1. The Hall–Kier alpha value is -3.19. The molecule has 0 spiro atoms. The minimum absolute atomic E-state index is 0.162. The van der Waals surface area contributed by atoms with Crippen molar-refractivity contribution in [1.29, 1.82) is 0 Å². The maximum Gasteiger partial charge on any atom is 0.286 e. The molecular formula is C29H41N5O6S. The summed E-state index contributed by atoms with van der Waals surface area (Å²) in [5, 5.41) is 5.46. The second-order valence-electron chi connectivity index (χ2n) is 10.7. The number of methoxy groups -OCH3 is 2. The molecule has 2 aliphatic rings. The van der Waals surface area contributed by atoms with Gasteiger partial charge < -0.3 is 19.1 Å². The maximum atomic E-state index is 13.5. The summed E-state index contributed by atoms with van der Waals surface area (Å²) in [5.74, 6) is 0.264. The highest BCUT2D eigenvalue weighted by molar-refractivity contribution is 7.89. The van der Waals surface area contributed by atoms with Gasteiger partial charge in [0.1, 0.15) is 12.4 Å². The van der Waals surface area contributed by atoms with Gasteiger partial charge in [-0.1, -0.05) is 24.3 Å². The zero-order chi connectivity index (χ0) is 29.7. The van der Waals surface area contributed by atoms with Gasteiger partial charge >= 0.3 is 0 Å². The van der Waals surface area contributed by atoms with Crippen LogP contribution in [0.3, 0.4) is 0 Å². The fourth-order valence-corrected chi connectivity index (χ4v) is 6.81. The van der Waals surface area contributed by atoms with E-state index in [1.807, 2.05) is 12.1 Å². The topological polar surface area (TPSA) is 104 Å². The molecule has 0 aliphatic carbocycles. The molecular weight excluding hydrogens is 546 g/mol. The molecule has 4 rings (SSSR count). The predicted octanol–water partition coefficient (Wildman–Crippen LogP) is 2.76. The van der Waals surface area contributed by atoms with Crippen LogP contribution < -0.4 is 4.74 Å². The predicted molar refractivity (Wildman–Crippen MR) is 156 cm³/mol. The molecule has 41 heavy (non-hydrogen) atoms. The molecule has 0 radical (unpaired) electrons. The minimum atomic E-state index is -3.88. The summed E-state index contributed by atoms with van der Waals surface area (Å²) in [6.07, 6.45) is 2.57. The Labute approximate surface area is 243 Å². The Morgan fingerprint density at radius 1 is 1.05 bits per heavy atom. The van der Waals surface area contributed by atoms with E-state index in [-0.39, 0.29) is 17.5 Å². The van der Waals surface area contributed by atoms with E-state index >= 15 is 0 Å². The number of hydrogen-bond donors (Lipinski definition) is 0. The molecule has 1 fully saturated rings. The van der Waals surface area contributed by atoms with Crippen LogP contribution in [0.15, 0.2) is 46.4 Å². The summed E-state index contributed by atoms with van der Waals surface area (Å²) in [4.78, 5) is 17.5. The minimum Gasteiger partial charge on any atom is -0.497 e. The van der Waals surface area contributed by atoms with Gasteiger partial charge in [0.05, 0.1) is 18.1 Å². The number of benzene rings is 2. The number of carbonyl (C=O) groups excluding carboxylic acids is 1. The summed E-state index contributed by atoms with van der Waals surface area (Å²) in [5.41, 5.74) is 3.36. The molecule has 2 heterocycles. The van der Waals surface area contributed by atoms with Crippen molar-refractivity contribution < 1.29 is 27.4 Å². The van der Waals surface area contributed by atoms with Crippen molar-refractivity contribution in [3.63, 3.8) is 0 Å². The Bertz CT molecular complexity index is 1320. The second kappa shape index (κ2) is 13.2. The molecule has 1 amide bonds. The monoisotopic (exact) mass is 587 g/mol. The van der Waals surface area contributed by atoms with E-state index < -0.39 is 16.3 Å². The Balaban J connectivity index is 1.35. The first-order valence-corrected chi connectivity index (χ1v) is 15.1. The van der Waals surface area contributed by atoms with E-state index in [0.29, 0.717) is 29.5 Å². The summed E-state index contributed by atoms with van der Waals surface area (Å²) in [6, 6.07) is 11.6. The molecule has 2 aliphatic heterocycles. The van der Waals surface area contributed by atoms with Gasteiger partial charge in [-0.25, -0.2) is 13.4 Å². The average molecular weight is 588 g/mol. The van der Waals surface area contributed by atoms with Crippen molar-refractivity contribution in [3.8, 4) is 5.75 Å². The highest BCUT2D eigenvalue weighted by atomic mass is 32.2. The Morgan fingerprint density at radius 3 is 2.24 bits per heavy atom. The number of likely N-dealkylation sites (N-methyl/N-ethyl adjacent to an activating group) is 1. The third-order valence-corrected chi connectivity index (χ3v) is 9.74. The lowest BCUT2D eigenvalue weighted by atomic mass is 10.1. The average Bonchev–Trinajstić information content (AvgIpc) is 3.41. The molecule has 2 aromatic carbocycles. The van der Waals surface area contributed by atoms with E-state index in [1.165, 1.54) is 31.1 Å². The summed E-state index contributed by atoms with van der Waals surface area (Å²) in [6.45, 7) is 6.60. The molecule has 11 nitrogen and oxygen atoms in total. The van der Waals surface area contributed by atoms with Gasteiger partial charge in [-0.3, -0.25) is 9.69 Å². The standard InChI is InChI=1S/C29H41N5O6S/c1-21-15-26(39-6)16-22(2)27(21)41(36,37)32(4)20-34-29(40-19-30-34)28(35)31(3)17-23-7-9-24(10-8-23)18-33-13-11-25(38-5)12-14-33/h7-10,15-16,19,25,29H,11-14,17-18,20H2,1-6H3. The normalized spacial score (nSPS) is 18.1. The van der Waals surface area contributed by atoms with E-state index in [9.17, 15) is 13.2 Å². The molecule has 1 unspecified atom stereocenters. The van der Waals surface area contributed by atoms with Gasteiger partial charge in [0.2, 0.25) is 10.0 Å². The number of hydrogen-bond acceptors (Lipinski definition) is 9. The Morgan fingerprint density at radius 2 is 1.66 bits per heavy atom. The fraction of sp³-hybridized carbons (Fsp3) is 0.517. The molecule has 2 aromatic rings. The van der Waals surface area contributed by atoms with Gasteiger partial charge in [0.25, 0.3) is 12.1 Å². The van der Waals surface area contributed by atoms with Crippen LogP contribution in [-0.2, 0) is 37.4 Å². The van der Waals surface area contributed by atoms with Crippen LogP contribution in [-0.4, -0.2) is 100 Å². The first-order chi connectivity index (χ1) is 19.5. The molecule has 1 atom stereocenters. The van der Waals surface area contributed by atoms with Crippen LogP contribution in [0.1, 0.15) is 35.1 Å². The third-order valence-electron chi connectivity index (χ3n) is 7.64. The number of aryl methyl sites for hydroxylation is 2. The van der Waals surface area contributed by atoms with Crippen LogP contribution in [0.2, 0.25) is 0 Å². The van der Waals surface area contributed by atoms with E-state index in [0.717, 1.165) is 42.3 Å². The molecule has 0 N–H and O–H groups in total. The lowest BCUT2D eigenvalue weighted by molar-refractivity contribution is -0.146. The molecule has 224 valence electrons. The Kier molecular flexibility index (Phi) is 9.90. The van der Waals surface area contributed by atoms with Gasteiger partial charge in [-0.05, 0) is 61.1 Å². The highest BCUT2D eigenvalue weighted by Crippen LogP contribution is 2.28. The van der Waals surface area contributed by atoms with Crippen molar-refractivity contribution in [1.82, 2.24) is 19.1 Å². The van der Waals surface area contributed by atoms with Crippen LogP contribution in [0, 0.1) is 13.8 Å². The van der Waals surface area contributed by atoms with Crippen LogP contribution >= 0.6 is 0 Å². The lowest BCUT2D eigenvalue weighted by Gasteiger charge is -2.31. The lowest BCUT2D eigenvalue weighted by Crippen LogP contribution is -2.48. The zero-order valence-electron chi connectivity index (χ0n) is 24.7. The van der Waals surface area contributed by atoms with Crippen LogP contribution in [0.25, 0.3) is 0 Å². The zero-order valence-corrected chi connectivity index (χ0v) is 25.6. The first kappa shape index (κ1) is 30.8. The SMILES string of the molecule is COc1cc(C)c(S(=O)(=O)N(C)CN2N=COC2C(=O)N(C)Cc2ccc(CN3CCC(OC)CC3)cc2)c(C)c1. The molecule has 0 saturated carbocycles. The van der Waals surface area contributed by atoms with Crippen molar-refractivity contribution in [3.05, 3.63) is 58.7 Å². The highest BCUT2D eigenvalue weighted by Gasteiger charge is 2.36. The van der Waals surface area contributed by atoms with Gasteiger partial charge in [-0.2, -0.15) is 4.31 Å². The van der Waals surface area contributed by atoms with Gasteiger partial charge in [0, 0.05) is 47.4 Å². The molecule has 0 bridgehead atoms. The van der Waals surface area contributed by atoms with Crippen molar-refractivity contribution in [2.24, 2.45) is 5.10 Å². The van der Waals surface area contributed by atoms with Crippen LogP contribution in [0.4, 0.5) is 0 Å². The summed E-state index contributed by atoms with van der Waals surface area (Å²) < 4.78 is 44.3. The number of likely N-dealkylation sites (tertiary alicyclic amines) is 1. The number of piperidine rings is 1. The van der Waals surface area contributed by atoms with Gasteiger partial charge in [-0.15, -0.1) is 5.10 Å². The molecule has 12 heteroatoms. The number of carbonyl (C=O) groups is 1. The quantitative estimate of drug-likeness (QED) is 0.396. The number of rotatable bonds is 11. The second-order valence-corrected chi connectivity index (χ2v) is 12.7. The van der Waals surface area contributed by atoms with E-state index in [4.69, 9.17) is 14.2 Å². The molecule has 1 saturated heterocycles.